The molecule has 0 bridgehead atoms. The van der Waals surface area contributed by atoms with E-state index < -0.39 is 0 Å². The molecule has 10 heavy (non-hydrogen) atoms. The summed E-state index contributed by atoms with van der Waals surface area (Å²) >= 11 is 2.23. The normalized spacial score (nSPS) is 10.2. The molecule has 0 aliphatic rings. The third-order valence-corrected chi connectivity index (χ3v) is 1.68. The van der Waals surface area contributed by atoms with E-state index in [0.717, 1.165) is 16.7 Å². The van der Waals surface area contributed by atoms with Gasteiger partial charge in [-0.3, -0.25) is 4.68 Å². The van der Waals surface area contributed by atoms with Crippen LogP contribution in [0.4, 0.5) is 0 Å². The van der Waals surface area contributed by atoms with E-state index in [9.17, 15) is 0 Å². The standard InChI is InChI=1S/C6H9IN2O/c1-10-3-2-9-5-6(7)4-8-9/h4-5H,2-3H2,1H3. The predicted octanol–water partition coefficient (Wildman–Crippen LogP) is 1.13. The molecule has 0 N–H and O–H groups in total. The van der Waals surface area contributed by atoms with E-state index in [4.69, 9.17) is 4.74 Å². The molecule has 0 aromatic carbocycles. The Hall–Kier alpha value is -0.100. The Morgan fingerprint density at radius 1 is 1.80 bits per heavy atom. The highest BCUT2D eigenvalue weighted by atomic mass is 127. The van der Waals surface area contributed by atoms with Crippen molar-refractivity contribution in [2.45, 2.75) is 6.54 Å². The highest BCUT2D eigenvalue weighted by molar-refractivity contribution is 14.1. The maximum Gasteiger partial charge on any atom is 0.0658 e. The molecule has 0 amide bonds. The Bertz CT molecular complexity index is 199. The number of rotatable bonds is 3. The van der Waals surface area contributed by atoms with Gasteiger partial charge in [0, 0.05) is 13.3 Å². The average Bonchev–Trinajstić information content (AvgIpc) is 2.31. The number of halogens is 1. The third kappa shape index (κ3) is 2.26. The Kier molecular flexibility index (Phi) is 3.14. The van der Waals surface area contributed by atoms with E-state index in [2.05, 4.69) is 27.7 Å². The van der Waals surface area contributed by atoms with Crippen molar-refractivity contribution in [1.82, 2.24) is 9.78 Å². The third-order valence-electron chi connectivity index (χ3n) is 1.13. The van der Waals surface area contributed by atoms with Crippen LogP contribution in [0.1, 0.15) is 0 Å². The van der Waals surface area contributed by atoms with Crippen molar-refractivity contribution in [2.75, 3.05) is 13.7 Å². The molecule has 0 aliphatic carbocycles. The van der Waals surface area contributed by atoms with Crippen molar-refractivity contribution in [3.05, 3.63) is 16.0 Å². The summed E-state index contributed by atoms with van der Waals surface area (Å²) in [6, 6.07) is 0. The first-order chi connectivity index (χ1) is 4.83. The van der Waals surface area contributed by atoms with Gasteiger partial charge in [0.2, 0.25) is 0 Å². The summed E-state index contributed by atoms with van der Waals surface area (Å²) in [6.07, 6.45) is 3.82. The topological polar surface area (TPSA) is 27.1 Å². The molecule has 0 fully saturated rings. The maximum atomic E-state index is 4.89. The van der Waals surface area contributed by atoms with Crippen molar-refractivity contribution < 1.29 is 4.74 Å². The van der Waals surface area contributed by atoms with E-state index in [1.807, 2.05) is 17.1 Å². The lowest BCUT2D eigenvalue weighted by molar-refractivity contribution is 0.183. The van der Waals surface area contributed by atoms with Crippen molar-refractivity contribution in [1.29, 1.82) is 0 Å². The molecule has 0 saturated heterocycles. The van der Waals surface area contributed by atoms with Gasteiger partial charge in [-0.1, -0.05) is 0 Å². The van der Waals surface area contributed by atoms with E-state index in [-0.39, 0.29) is 0 Å². The van der Waals surface area contributed by atoms with Crippen LogP contribution in [0.15, 0.2) is 12.4 Å². The first-order valence-electron chi connectivity index (χ1n) is 3.00. The molecule has 0 atom stereocenters. The Labute approximate surface area is 73.5 Å². The van der Waals surface area contributed by atoms with E-state index in [0.29, 0.717) is 0 Å². The highest BCUT2D eigenvalue weighted by Gasteiger charge is 1.92. The Balaban J connectivity index is 2.42. The first-order valence-corrected chi connectivity index (χ1v) is 4.07. The summed E-state index contributed by atoms with van der Waals surface area (Å²) in [5.41, 5.74) is 0. The SMILES string of the molecule is COCCn1cc(I)cn1. The van der Waals surface area contributed by atoms with Crippen LogP contribution in [-0.2, 0) is 11.3 Å². The monoisotopic (exact) mass is 252 g/mol. The number of ether oxygens (including phenoxy) is 1. The number of methoxy groups -OCH3 is 1. The van der Waals surface area contributed by atoms with Crippen LogP contribution in [0.25, 0.3) is 0 Å². The maximum absolute atomic E-state index is 4.89. The quantitative estimate of drug-likeness (QED) is 0.754. The lowest BCUT2D eigenvalue weighted by atomic mass is 10.7. The molecular weight excluding hydrogens is 243 g/mol. The number of hydrogen-bond donors (Lipinski definition) is 0. The molecule has 56 valence electrons. The Morgan fingerprint density at radius 2 is 2.60 bits per heavy atom. The van der Waals surface area contributed by atoms with Crippen LogP contribution in [0, 0.1) is 3.57 Å². The fraction of sp³-hybridized carbons (Fsp3) is 0.500. The second-order valence-electron chi connectivity index (χ2n) is 1.91. The summed E-state index contributed by atoms with van der Waals surface area (Å²) in [6.45, 7) is 1.55. The van der Waals surface area contributed by atoms with E-state index in [1.54, 1.807) is 7.11 Å². The van der Waals surface area contributed by atoms with Crippen molar-refractivity contribution in [3.63, 3.8) is 0 Å². The van der Waals surface area contributed by atoms with Gasteiger partial charge in [0.25, 0.3) is 0 Å². The summed E-state index contributed by atoms with van der Waals surface area (Å²) in [7, 11) is 1.69. The van der Waals surface area contributed by atoms with Crippen molar-refractivity contribution in [3.8, 4) is 0 Å². The van der Waals surface area contributed by atoms with Gasteiger partial charge in [0.05, 0.1) is 22.9 Å². The fourth-order valence-corrected chi connectivity index (χ4v) is 1.09. The van der Waals surface area contributed by atoms with Gasteiger partial charge in [0.15, 0.2) is 0 Å². The summed E-state index contributed by atoms with van der Waals surface area (Å²) < 4.78 is 7.92. The molecule has 1 aromatic rings. The highest BCUT2D eigenvalue weighted by Crippen LogP contribution is 2.00. The van der Waals surface area contributed by atoms with Gasteiger partial charge in [-0.15, -0.1) is 0 Å². The summed E-state index contributed by atoms with van der Waals surface area (Å²) in [5, 5.41) is 4.08. The summed E-state index contributed by atoms with van der Waals surface area (Å²) in [5.74, 6) is 0. The van der Waals surface area contributed by atoms with Crippen LogP contribution in [0.5, 0.6) is 0 Å². The van der Waals surface area contributed by atoms with E-state index in [1.165, 1.54) is 0 Å². The minimum Gasteiger partial charge on any atom is -0.383 e. The second-order valence-corrected chi connectivity index (χ2v) is 3.16. The van der Waals surface area contributed by atoms with Crippen LogP contribution < -0.4 is 0 Å². The molecule has 3 nitrogen and oxygen atoms in total. The molecule has 0 aliphatic heterocycles. The van der Waals surface area contributed by atoms with Gasteiger partial charge >= 0.3 is 0 Å². The Morgan fingerprint density at radius 3 is 3.10 bits per heavy atom. The van der Waals surface area contributed by atoms with Crippen LogP contribution in [-0.4, -0.2) is 23.5 Å². The molecular formula is C6H9IN2O. The minimum atomic E-state index is 0.720. The zero-order chi connectivity index (χ0) is 7.40. The smallest absolute Gasteiger partial charge is 0.0658 e. The molecule has 4 heteroatoms. The molecule has 0 spiro atoms. The second kappa shape index (κ2) is 3.92. The molecule has 0 radical (unpaired) electrons. The first kappa shape index (κ1) is 8.00. The number of nitrogens with zero attached hydrogens (tertiary/aromatic N) is 2. The van der Waals surface area contributed by atoms with Crippen molar-refractivity contribution >= 4 is 22.6 Å². The van der Waals surface area contributed by atoms with Crippen LogP contribution in [0.2, 0.25) is 0 Å². The molecule has 0 saturated carbocycles. The van der Waals surface area contributed by atoms with Gasteiger partial charge in [-0.2, -0.15) is 5.10 Å². The average molecular weight is 252 g/mol. The van der Waals surface area contributed by atoms with E-state index >= 15 is 0 Å². The largest absolute Gasteiger partial charge is 0.383 e. The van der Waals surface area contributed by atoms with Crippen molar-refractivity contribution in [2.24, 2.45) is 0 Å². The zero-order valence-corrected chi connectivity index (χ0v) is 7.91. The zero-order valence-electron chi connectivity index (χ0n) is 5.75. The van der Waals surface area contributed by atoms with Gasteiger partial charge in [-0.05, 0) is 22.6 Å². The molecule has 0 unspecified atom stereocenters. The fourth-order valence-electron chi connectivity index (χ4n) is 0.645. The minimum absolute atomic E-state index is 0.720. The predicted molar refractivity (Wildman–Crippen MR) is 46.8 cm³/mol. The lowest BCUT2D eigenvalue weighted by Crippen LogP contribution is -2.03. The van der Waals surface area contributed by atoms with Gasteiger partial charge < -0.3 is 4.74 Å². The summed E-state index contributed by atoms with van der Waals surface area (Å²) in [4.78, 5) is 0. The molecule has 1 rings (SSSR count). The van der Waals surface area contributed by atoms with Crippen LogP contribution >= 0.6 is 22.6 Å². The number of hydrogen-bond acceptors (Lipinski definition) is 2. The van der Waals surface area contributed by atoms with Crippen LogP contribution in [0.3, 0.4) is 0 Å². The molecule has 1 aromatic heterocycles. The molecule has 1 heterocycles. The van der Waals surface area contributed by atoms with Gasteiger partial charge in [-0.25, -0.2) is 0 Å². The lowest BCUT2D eigenvalue weighted by Gasteiger charge is -1.97. The van der Waals surface area contributed by atoms with Gasteiger partial charge in [0.1, 0.15) is 0 Å². The number of aromatic nitrogens is 2.